The maximum Gasteiger partial charge on any atom is 0.242 e. The van der Waals surface area contributed by atoms with Crippen LogP contribution in [0.1, 0.15) is 38.7 Å². The SMILES string of the molecule is CCCNC(CCC)Cc1ccccc1S(=O)(=O)N(C)C. The minimum Gasteiger partial charge on any atom is -0.314 e. The fraction of sp³-hybridized carbons (Fsp3) is 0.625. The predicted molar refractivity (Wildman–Crippen MR) is 88.0 cm³/mol. The van der Waals surface area contributed by atoms with E-state index in [0.29, 0.717) is 10.9 Å². The van der Waals surface area contributed by atoms with Gasteiger partial charge in [-0.25, -0.2) is 12.7 Å². The summed E-state index contributed by atoms with van der Waals surface area (Å²) in [6, 6.07) is 7.65. The standard InChI is InChI=1S/C16H28N2O2S/c1-5-9-15(17-12-6-2)13-14-10-7-8-11-16(14)21(19,20)18(3)4/h7-8,10-11,15,17H,5-6,9,12-13H2,1-4H3. The predicted octanol–water partition coefficient (Wildman–Crippen LogP) is 2.65. The zero-order valence-corrected chi connectivity index (χ0v) is 14.4. The molecule has 0 bridgehead atoms. The van der Waals surface area contributed by atoms with Crippen molar-refractivity contribution in [1.82, 2.24) is 9.62 Å². The maximum absolute atomic E-state index is 12.4. The first-order valence-electron chi connectivity index (χ1n) is 7.67. The van der Waals surface area contributed by atoms with E-state index in [1.165, 1.54) is 4.31 Å². The van der Waals surface area contributed by atoms with Gasteiger partial charge in [-0.15, -0.1) is 0 Å². The smallest absolute Gasteiger partial charge is 0.242 e. The van der Waals surface area contributed by atoms with Crippen LogP contribution >= 0.6 is 0 Å². The van der Waals surface area contributed by atoms with Crippen LogP contribution < -0.4 is 5.32 Å². The van der Waals surface area contributed by atoms with Crippen LogP contribution in [0.4, 0.5) is 0 Å². The second-order valence-electron chi connectivity index (χ2n) is 5.54. The Morgan fingerprint density at radius 3 is 2.38 bits per heavy atom. The Kier molecular flexibility index (Phi) is 7.35. The average Bonchev–Trinajstić information content (AvgIpc) is 2.45. The van der Waals surface area contributed by atoms with Crippen LogP contribution in [-0.4, -0.2) is 39.4 Å². The lowest BCUT2D eigenvalue weighted by molar-refractivity contribution is 0.468. The van der Waals surface area contributed by atoms with Gasteiger partial charge in [0.2, 0.25) is 10.0 Å². The summed E-state index contributed by atoms with van der Waals surface area (Å²) in [4.78, 5) is 0.425. The van der Waals surface area contributed by atoms with Gasteiger partial charge in [0.25, 0.3) is 0 Å². The molecule has 0 aliphatic carbocycles. The number of benzene rings is 1. The molecule has 0 saturated carbocycles. The quantitative estimate of drug-likeness (QED) is 0.762. The van der Waals surface area contributed by atoms with E-state index in [0.717, 1.165) is 37.8 Å². The molecule has 0 fully saturated rings. The molecule has 0 aliphatic rings. The highest BCUT2D eigenvalue weighted by Gasteiger charge is 2.22. The Bertz CT molecular complexity index is 527. The summed E-state index contributed by atoms with van der Waals surface area (Å²) >= 11 is 0. The van der Waals surface area contributed by atoms with Crippen LogP contribution in [0.25, 0.3) is 0 Å². The van der Waals surface area contributed by atoms with Crippen LogP contribution in [0.5, 0.6) is 0 Å². The molecule has 0 heterocycles. The minimum atomic E-state index is -3.38. The molecule has 1 atom stereocenters. The Morgan fingerprint density at radius 1 is 1.14 bits per heavy atom. The first-order valence-corrected chi connectivity index (χ1v) is 9.11. The number of nitrogens with one attached hydrogen (secondary N) is 1. The lowest BCUT2D eigenvalue weighted by atomic mass is 10.0. The molecule has 0 spiro atoms. The van der Waals surface area contributed by atoms with Gasteiger partial charge in [-0.1, -0.05) is 38.5 Å². The summed E-state index contributed by atoms with van der Waals surface area (Å²) in [5.41, 5.74) is 0.897. The van der Waals surface area contributed by atoms with Crippen molar-refractivity contribution in [3.8, 4) is 0 Å². The zero-order chi connectivity index (χ0) is 15.9. The van der Waals surface area contributed by atoms with Gasteiger partial charge >= 0.3 is 0 Å². The molecule has 0 aromatic heterocycles. The molecule has 1 rings (SSSR count). The molecule has 120 valence electrons. The van der Waals surface area contributed by atoms with Crippen molar-refractivity contribution in [2.45, 2.75) is 50.5 Å². The summed E-state index contributed by atoms with van der Waals surface area (Å²) in [5, 5.41) is 3.52. The monoisotopic (exact) mass is 312 g/mol. The lowest BCUT2D eigenvalue weighted by Gasteiger charge is -2.21. The van der Waals surface area contributed by atoms with E-state index in [1.54, 1.807) is 26.2 Å². The van der Waals surface area contributed by atoms with Crippen LogP contribution in [-0.2, 0) is 16.4 Å². The van der Waals surface area contributed by atoms with Gasteiger partial charge in [0, 0.05) is 20.1 Å². The lowest BCUT2D eigenvalue weighted by Crippen LogP contribution is -2.32. The largest absolute Gasteiger partial charge is 0.314 e. The highest BCUT2D eigenvalue weighted by Crippen LogP contribution is 2.20. The minimum absolute atomic E-state index is 0.327. The van der Waals surface area contributed by atoms with Gasteiger partial charge in [0.05, 0.1) is 4.90 Å². The third kappa shape index (κ3) is 5.09. The van der Waals surface area contributed by atoms with E-state index in [1.807, 2.05) is 12.1 Å². The Labute approximate surface area is 129 Å². The Morgan fingerprint density at radius 2 is 1.81 bits per heavy atom. The highest BCUT2D eigenvalue weighted by atomic mass is 32.2. The van der Waals surface area contributed by atoms with Gasteiger partial charge in [-0.2, -0.15) is 0 Å². The molecule has 1 N–H and O–H groups in total. The molecular weight excluding hydrogens is 284 g/mol. The summed E-state index contributed by atoms with van der Waals surface area (Å²) < 4.78 is 26.1. The summed E-state index contributed by atoms with van der Waals surface area (Å²) in [7, 11) is -0.234. The molecule has 5 heteroatoms. The van der Waals surface area contributed by atoms with Crippen molar-refractivity contribution in [3.63, 3.8) is 0 Å². The van der Waals surface area contributed by atoms with Crippen LogP contribution in [0.15, 0.2) is 29.2 Å². The number of nitrogens with zero attached hydrogens (tertiary/aromatic N) is 1. The van der Waals surface area contributed by atoms with Gasteiger partial charge in [0.1, 0.15) is 0 Å². The van der Waals surface area contributed by atoms with Crippen molar-refractivity contribution in [3.05, 3.63) is 29.8 Å². The zero-order valence-electron chi connectivity index (χ0n) is 13.6. The Balaban J connectivity index is 3.02. The van der Waals surface area contributed by atoms with Crippen LogP contribution in [0, 0.1) is 0 Å². The van der Waals surface area contributed by atoms with E-state index in [4.69, 9.17) is 0 Å². The number of rotatable bonds is 9. The molecule has 0 aliphatic heterocycles. The van der Waals surface area contributed by atoms with Crippen molar-refractivity contribution in [2.24, 2.45) is 0 Å². The summed E-state index contributed by atoms with van der Waals surface area (Å²) in [6.45, 7) is 5.26. The van der Waals surface area contributed by atoms with E-state index in [9.17, 15) is 8.42 Å². The number of hydrogen-bond donors (Lipinski definition) is 1. The van der Waals surface area contributed by atoms with Gasteiger partial charge in [0.15, 0.2) is 0 Å². The fourth-order valence-corrected chi connectivity index (χ4v) is 3.49. The van der Waals surface area contributed by atoms with E-state index in [2.05, 4.69) is 19.2 Å². The van der Waals surface area contributed by atoms with Gasteiger partial charge in [-0.3, -0.25) is 0 Å². The number of sulfonamides is 1. The normalized spacial score (nSPS) is 13.6. The van der Waals surface area contributed by atoms with E-state index < -0.39 is 10.0 Å². The Hall–Kier alpha value is -0.910. The average molecular weight is 312 g/mol. The van der Waals surface area contributed by atoms with Gasteiger partial charge < -0.3 is 5.32 Å². The van der Waals surface area contributed by atoms with Crippen molar-refractivity contribution < 1.29 is 8.42 Å². The molecular formula is C16H28N2O2S. The molecule has 0 amide bonds. The van der Waals surface area contributed by atoms with E-state index >= 15 is 0 Å². The third-order valence-corrected chi connectivity index (χ3v) is 5.43. The van der Waals surface area contributed by atoms with Crippen LogP contribution in [0.3, 0.4) is 0 Å². The molecule has 4 nitrogen and oxygen atoms in total. The van der Waals surface area contributed by atoms with E-state index in [-0.39, 0.29) is 0 Å². The molecule has 0 saturated heterocycles. The second-order valence-corrected chi connectivity index (χ2v) is 7.66. The topological polar surface area (TPSA) is 49.4 Å². The summed E-state index contributed by atoms with van der Waals surface area (Å²) in [5.74, 6) is 0. The maximum atomic E-state index is 12.4. The second kappa shape index (κ2) is 8.51. The third-order valence-electron chi connectivity index (χ3n) is 3.52. The van der Waals surface area contributed by atoms with Gasteiger partial charge in [-0.05, 0) is 37.4 Å². The van der Waals surface area contributed by atoms with Crippen molar-refractivity contribution in [2.75, 3.05) is 20.6 Å². The summed E-state index contributed by atoms with van der Waals surface area (Å²) in [6.07, 6.45) is 3.97. The van der Waals surface area contributed by atoms with Crippen LogP contribution in [0.2, 0.25) is 0 Å². The fourth-order valence-electron chi connectivity index (χ4n) is 2.36. The first-order chi connectivity index (χ1) is 9.93. The first kappa shape index (κ1) is 18.1. The molecule has 0 radical (unpaired) electrons. The molecule has 1 unspecified atom stereocenters. The molecule has 1 aromatic carbocycles. The molecule has 21 heavy (non-hydrogen) atoms. The van der Waals surface area contributed by atoms with Crippen molar-refractivity contribution >= 4 is 10.0 Å². The van der Waals surface area contributed by atoms with Crippen molar-refractivity contribution in [1.29, 1.82) is 0 Å². The number of hydrogen-bond acceptors (Lipinski definition) is 3. The molecule has 1 aromatic rings. The highest BCUT2D eigenvalue weighted by molar-refractivity contribution is 7.89.